The number of halogens is 1. The van der Waals surface area contributed by atoms with Crippen molar-refractivity contribution in [2.75, 3.05) is 19.6 Å². The molecule has 0 saturated carbocycles. The lowest BCUT2D eigenvalue weighted by atomic mass is 10.1. The third-order valence-electron chi connectivity index (χ3n) is 7.76. The van der Waals surface area contributed by atoms with Crippen molar-refractivity contribution in [1.82, 2.24) is 4.90 Å². The number of phenolic OH excluding ortho intramolecular Hbond substituents is 1. The fraction of sp³-hybridized carbons (Fsp3) is 0.239. The van der Waals surface area contributed by atoms with Crippen LogP contribution in [0.1, 0.15) is 84.2 Å². The molecule has 5 rings (SSSR count). The van der Waals surface area contributed by atoms with E-state index in [1.165, 1.54) is 69.9 Å². The number of hydrogen-bond acceptors (Lipinski definition) is 11. The molecule has 11 nitrogen and oxygen atoms in total. The van der Waals surface area contributed by atoms with Crippen LogP contribution in [0.15, 0.2) is 133 Å². The second-order valence-electron chi connectivity index (χ2n) is 11.9. The molecule has 308 valence electrons. The molecule has 12 heteroatoms. The van der Waals surface area contributed by atoms with Gasteiger partial charge in [-0.2, -0.15) is 0 Å². The monoisotopic (exact) mass is 813 g/mol. The second-order valence-corrected chi connectivity index (χ2v) is 12.2. The van der Waals surface area contributed by atoms with Crippen LogP contribution in [0.2, 0.25) is 0 Å². The third-order valence-corrected chi connectivity index (χ3v) is 7.98. The van der Waals surface area contributed by atoms with E-state index in [0.717, 1.165) is 11.1 Å². The fourth-order valence-corrected chi connectivity index (χ4v) is 4.59. The number of carbonyl (C=O) groups is 5. The maximum Gasteiger partial charge on any atom is 0.514 e. The highest BCUT2D eigenvalue weighted by Gasteiger charge is 2.09. The summed E-state index contributed by atoms with van der Waals surface area (Å²) in [5.41, 5.74) is 3.27. The minimum atomic E-state index is -0.807. The van der Waals surface area contributed by atoms with Crippen LogP contribution in [0.5, 0.6) is 17.2 Å². The Hall–Kier alpha value is -6.30. The number of Topliss-reactive ketones (excluding diaryl/α,β-unsaturated/α-hetero) is 2. The van der Waals surface area contributed by atoms with E-state index in [-0.39, 0.29) is 43.7 Å². The molecule has 0 atom stereocenters. The van der Waals surface area contributed by atoms with Gasteiger partial charge in [0.25, 0.3) is 5.24 Å². The van der Waals surface area contributed by atoms with Crippen molar-refractivity contribution in [2.24, 2.45) is 0 Å². The first-order valence-corrected chi connectivity index (χ1v) is 18.4. The van der Waals surface area contributed by atoms with Crippen molar-refractivity contribution in [1.29, 1.82) is 0 Å². The molecule has 1 N–H and O–H groups in total. The highest BCUT2D eigenvalue weighted by atomic mass is 35.5. The minimum absolute atomic E-state index is 0. The zero-order valence-corrected chi connectivity index (χ0v) is 33.4. The Morgan fingerprint density at radius 2 is 0.845 bits per heavy atom. The van der Waals surface area contributed by atoms with Crippen LogP contribution < -0.4 is 9.47 Å². The Balaban J connectivity index is 0.000000415. The van der Waals surface area contributed by atoms with Gasteiger partial charge in [-0.05, 0) is 129 Å². The van der Waals surface area contributed by atoms with Crippen LogP contribution >= 0.6 is 11.6 Å². The normalized spacial score (nSPS) is 9.64. The van der Waals surface area contributed by atoms with Gasteiger partial charge < -0.3 is 29.0 Å². The molecule has 0 saturated heterocycles. The highest BCUT2D eigenvalue weighted by Crippen LogP contribution is 2.16. The summed E-state index contributed by atoms with van der Waals surface area (Å²) in [4.78, 5) is 58.0. The largest absolute Gasteiger partial charge is 0.514 e. The van der Waals surface area contributed by atoms with E-state index in [0.29, 0.717) is 22.4 Å². The summed E-state index contributed by atoms with van der Waals surface area (Å²) in [6.07, 6.45) is -1.58. The van der Waals surface area contributed by atoms with Crippen molar-refractivity contribution in [3.05, 3.63) is 161 Å². The second kappa shape index (κ2) is 28.1. The molecule has 0 heterocycles. The Labute approximate surface area is 346 Å². The molecule has 5 aromatic rings. The molecule has 0 aliphatic rings. The average Bonchev–Trinajstić information content (AvgIpc) is 3.22. The van der Waals surface area contributed by atoms with Gasteiger partial charge in [0.15, 0.2) is 11.6 Å². The van der Waals surface area contributed by atoms with Crippen molar-refractivity contribution >= 4 is 40.7 Å². The molecular formula is C46H52ClNO10. The number of nitrogens with zero attached hydrogens (tertiary/aromatic N) is 1. The molecule has 5 aromatic carbocycles. The van der Waals surface area contributed by atoms with Crippen LogP contribution in [0.25, 0.3) is 0 Å². The van der Waals surface area contributed by atoms with Crippen LogP contribution in [-0.2, 0) is 22.7 Å². The number of carbonyl (C=O) groups excluding carboxylic acids is 5. The summed E-state index contributed by atoms with van der Waals surface area (Å²) < 4.78 is 19.9. The van der Waals surface area contributed by atoms with Gasteiger partial charge in [0.1, 0.15) is 30.5 Å². The van der Waals surface area contributed by atoms with Gasteiger partial charge >= 0.3 is 12.3 Å². The van der Waals surface area contributed by atoms with Crippen LogP contribution in [-0.4, -0.2) is 58.8 Å². The molecule has 0 unspecified atom stereocenters. The molecule has 0 aliphatic heterocycles. The molecular weight excluding hydrogens is 762 g/mol. The maximum atomic E-state index is 11.5. The molecule has 0 aliphatic carbocycles. The highest BCUT2D eigenvalue weighted by molar-refractivity contribution is 6.67. The zero-order valence-electron chi connectivity index (χ0n) is 32.7. The Morgan fingerprint density at radius 1 is 0.517 bits per heavy atom. The number of ketones is 2. The molecule has 0 amide bonds. The van der Waals surface area contributed by atoms with E-state index in [1.807, 2.05) is 60.7 Å². The predicted molar refractivity (Wildman–Crippen MR) is 226 cm³/mol. The third kappa shape index (κ3) is 20.6. The maximum absolute atomic E-state index is 11.5. The number of ether oxygens (including phenoxy) is 4. The summed E-state index contributed by atoms with van der Waals surface area (Å²) in [5, 5.41) is 8.26. The minimum Gasteiger partial charge on any atom is -0.508 e. The number of benzene rings is 5. The summed E-state index contributed by atoms with van der Waals surface area (Å²) >= 11 is 5.31. The van der Waals surface area contributed by atoms with Gasteiger partial charge in [0, 0.05) is 16.7 Å². The summed E-state index contributed by atoms with van der Waals surface area (Å²) in [7, 11) is 0. The van der Waals surface area contributed by atoms with Gasteiger partial charge in [0.2, 0.25) is 0 Å². The van der Waals surface area contributed by atoms with Gasteiger partial charge in [-0.1, -0.05) is 88.9 Å². The number of aromatic hydroxyl groups is 1. The number of hydrogen-bond donors (Lipinski definition) is 1. The Bertz CT molecular complexity index is 1830. The Kier molecular flexibility index (Phi) is 24.1. The van der Waals surface area contributed by atoms with Gasteiger partial charge in [0.05, 0.1) is 0 Å². The topological polar surface area (TPSA) is 146 Å². The molecule has 0 spiro atoms. The van der Waals surface area contributed by atoms with E-state index in [2.05, 4.69) is 25.7 Å². The Morgan fingerprint density at radius 3 is 1.14 bits per heavy atom. The predicted octanol–water partition coefficient (Wildman–Crippen LogP) is 11.0. The lowest BCUT2D eigenvalue weighted by Gasteiger charge is -2.13. The van der Waals surface area contributed by atoms with Crippen molar-refractivity contribution in [3.8, 4) is 17.2 Å². The van der Waals surface area contributed by atoms with Crippen molar-refractivity contribution in [3.63, 3.8) is 0 Å². The average molecular weight is 814 g/mol. The number of rotatable bonds is 12. The first-order valence-electron chi connectivity index (χ1n) is 18.0. The zero-order chi connectivity index (χ0) is 42.0. The number of phenols is 1. The molecule has 58 heavy (non-hydrogen) atoms. The van der Waals surface area contributed by atoms with Crippen LogP contribution in [0, 0.1) is 0 Å². The summed E-state index contributed by atoms with van der Waals surface area (Å²) in [6.45, 7) is 13.4. The molecule has 0 radical (unpaired) electrons. The standard InChI is InChI=1S/C16H14O4.C15H11ClO4.C8H8O2.C6H15N.CH4/c1-12(17)14-7-9-15(10-8-14)20-16(18)19-11-13-5-3-2-4-6-13;16-14(17)12-6-8-13(9-7-12)20-15(18)19-10-11-4-2-1-3-5-11;1-6(9)7-2-4-8(10)5-3-7;1-4-7(5-2)6-3;/h2-10H,11H2,1H3;1-9H,10H2;2-5,10H,1H3;4-6H2,1-3H3;1H4. The molecule has 0 fully saturated rings. The summed E-state index contributed by atoms with van der Waals surface area (Å²) in [6, 6.07) is 37.0. The summed E-state index contributed by atoms with van der Waals surface area (Å²) in [5.74, 6) is 0.783. The van der Waals surface area contributed by atoms with E-state index in [4.69, 9.17) is 35.7 Å². The lowest BCUT2D eigenvalue weighted by molar-refractivity contribution is 0.0917. The van der Waals surface area contributed by atoms with E-state index >= 15 is 0 Å². The van der Waals surface area contributed by atoms with Crippen LogP contribution in [0.4, 0.5) is 9.59 Å². The quantitative estimate of drug-likeness (QED) is 0.0556. The van der Waals surface area contributed by atoms with Crippen LogP contribution in [0.3, 0.4) is 0 Å². The molecule has 0 aromatic heterocycles. The fourth-order valence-electron chi connectivity index (χ4n) is 4.46. The van der Waals surface area contributed by atoms with Crippen molar-refractivity contribution in [2.45, 2.75) is 55.3 Å². The van der Waals surface area contributed by atoms with Gasteiger partial charge in [-0.15, -0.1) is 0 Å². The smallest absolute Gasteiger partial charge is 0.508 e. The van der Waals surface area contributed by atoms with Gasteiger partial charge in [-0.3, -0.25) is 14.4 Å². The first kappa shape index (κ1) is 49.7. The van der Waals surface area contributed by atoms with E-state index < -0.39 is 17.6 Å². The van der Waals surface area contributed by atoms with E-state index in [9.17, 15) is 24.0 Å². The van der Waals surface area contributed by atoms with Gasteiger partial charge in [-0.25, -0.2) is 9.59 Å². The lowest BCUT2D eigenvalue weighted by Crippen LogP contribution is -2.21. The SMILES string of the molecule is C.CC(=O)c1ccc(O)cc1.CC(=O)c1ccc(OC(=O)OCc2ccccc2)cc1.CCN(CC)CC.O=C(OCc1ccccc1)Oc1ccc(C(=O)Cl)cc1. The van der Waals surface area contributed by atoms with E-state index in [1.54, 1.807) is 36.4 Å². The first-order chi connectivity index (χ1) is 27.3. The van der Waals surface area contributed by atoms with Crippen molar-refractivity contribution < 1.29 is 48.0 Å². The molecule has 0 bridgehead atoms.